The third-order valence-corrected chi connectivity index (χ3v) is 10.8. The van der Waals surface area contributed by atoms with Crippen molar-refractivity contribution in [3.8, 4) is 0 Å². The fraction of sp³-hybridized carbons (Fsp3) is 0.938. The zero-order valence-electron chi connectivity index (χ0n) is 36.7. The molecular formula is C48H92O6. The van der Waals surface area contributed by atoms with Gasteiger partial charge in [-0.15, -0.1) is 0 Å². The molecule has 0 saturated carbocycles. The summed E-state index contributed by atoms with van der Waals surface area (Å²) in [6.07, 6.45) is 42.3. The Labute approximate surface area is 336 Å². The van der Waals surface area contributed by atoms with Crippen LogP contribution < -0.4 is 0 Å². The molecule has 0 saturated heterocycles. The Bertz CT molecular complexity index is 811. The summed E-state index contributed by atoms with van der Waals surface area (Å²) in [6.45, 7) is 8.99. The molecule has 0 amide bonds. The van der Waals surface area contributed by atoms with E-state index in [4.69, 9.17) is 14.2 Å². The van der Waals surface area contributed by atoms with E-state index in [0.717, 1.165) is 63.7 Å². The molecule has 0 radical (unpaired) electrons. The second kappa shape index (κ2) is 42.6. The number of esters is 3. The molecule has 6 nitrogen and oxygen atoms in total. The Morgan fingerprint density at radius 1 is 0.352 bits per heavy atom. The second-order valence-corrected chi connectivity index (χ2v) is 16.9. The van der Waals surface area contributed by atoms with Crippen LogP contribution in [0.5, 0.6) is 0 Å². The molecule has 0 N–H and O–H groups in total. The third-order valence-electron chi connectivity index (χ3n) is 10.8. The largest absolute Gasteiger partial charge is 0.462 e. The van der Waals surface area contributed by atoms with Crippen LogP contribution in [0.2, 0.25) is 0 Å². The highest BCUT2D eigenvalue weighted by atomic mass is 16.6. The first-order chi connectivity index (χ1) is 26.4. The number of unbranched alkanes of at least 4 members (excludes halogenated alkanes) is 30. The minimum Gasteiger partial charge on any atom is -0.462 e. The normalized spacial score (nSPS) is 11.9. The number of hydrogen-bond donors (Lipinski definition) is 0. The van der Waals surface area contributed by atoms with Crippen LogP contribution in [-0.4, -0.2) is 37.2 Å². The summed E-state index contributed by atoms with van der Waals surface area (Å²) >= 11 is 0. The lowest BCUT2D eigenvalue weighted by Crippen LogP contribution is -2.30. The molecule has 1 atom stereocenters. The van der Waals surface area contributed by atoms with Crippen molar-refractivity contribution in [1.29, 1.82) is 0 Å². The first kappa shape index (κ1) is 52.4. The van der Waals surface area contributed by atoms with Crippen LogP contribution in [0.15, 0.2) is 0 Å². The zero-order chi connectivity index (χ0) is 39.6. The van der Waals surface area contributed by atoms with Crippen LogP contribution in [0.25, 0.3) is 0 Å². The number of carbonyl (C=O) groups excluding carboxylic acids is 3. The Kier molecular flexibility index (Phi) is 41.3. The minimum atomic E-state index is -0.758. The Morgan fingerprint density at radius 2 is 0.611 bits per heavy atom. The van der Waals surface area contributed by atoms with Crippen LogP contribution in [0.4, 0.5) is 0 Å². The number of carbonyl (C=O) groups is 3. The molecule has 320 valence electrons. The monoisotopic (exact) mass is 765 g/mol. The first-order valence-corrected chi connectivity index (χ1v) is 23.9. The van der Waals surface area contributed by atoms with E-state index in [2.05, 4.69) is 27.7 Å². The maximum absolute atomic E-state index is 12.7. The van der Waals surface area contributed by atoms with Gasteiger partial charge >= 0.3 is 17.9 Å². The molecule has 0 unspecified atom stereocenters. The van der Waals surface area contributed by atoms with Gasteiger partial charge in [-0.1, -0.05) is 227 Å². The molecular weight excluding hydrogens is 673 g/mol. The summed E-state index contributed by atoms with van der Waals surface area (Å²) in [7, 11) is 0. The van der Waals surface area contributed by atoms with Crippen LogP contribution >= 0.6 is 0 Å². The number of ether oxygens (including phenoxy) is 3. The molecule has 0 spiro atoms. The Morgan fingerprint density at radius 3 is 0.907 bits per heavy atom. The molecule has 0 bridgehead atoms. The lowest BCUT2D eigenvalue weighted by atomic mass is 10.0. The maximum Gasteiger partial charge on any atom is 0.306 e. The van der Waals surface area contributed by atoms with Crippen molar-refractivity contribution in [2.24, 2.45) is 5.92 Å². The lowest BCUT2D eigenvalue weighted by Gasteiger charge is -2.18. The van der Waals surface area contributed by atoms with Gasteiger partial charge in [0.1, 0.15) is 13.2 Å². The molecule has 0 rings (SSSR count). The van der Waals surface area contributed by atoms with E-state index in [0.29, 0.717) is 19.3 Å². The second-order valence-electron chi connectivity index (χ2n) is 16.9. The van der Waals surface area contributed by atoms with Gasteiger partial charge in [-0.3, -0.25) is 14.4 Å². The molecule has 0 aromatic heterocycles. The summed E-state index contributed by atoms with van der Waals surface area (Å²) in [6, 6.07) is 0. The van der Waals surface area contributed by atoms with Gasteiger partial charge in [-0.25, -0.2) is 0 Å². The van der Waals surface area contributed by atoms with Gasteiger partial charge in [0, 0.05) is 19.3 Å². The van der Waals surface area contributed by atoms with Gasteiger partial charge in [0.05, 0.1) is 0 Å². The predicted octanol–water partition coefficient (Wildman–Crippen LogP) is 15.1. The highest BCUT2D eigenvalue weighted by Gasteiger charge is 2.19. The van der Waals surface area contributed by atoms with E-state index in [1.165, 1.54) is 161 Å². The van der Waals surface area contributed by atoms with Gasteiger partial charge in [-0.2, -0.15) is 0 Å². The predicted molar refractivity (Wildman–Crippen MR) is 229 cm³/mol. The summed E-state index contributed by atoms with van der Waals surface area (Å²) in [5, 5.41) is 0. The van der Waals surface area contributed by atoms with Gasteiger partial charge in [0.15, 0.2) is 6.10 Å². The summed E-state index contributed by atoms with van der Waals surface area (Å²) in [5.41, 5.74) is 0. The van der Waals surface area contributed by atoms with Crippen molar-refractivity contribution in [2.75, 3.05) is 13.2 Å². The molecule has 0 aliphatic carbocycles. The topological polar surface area (TPSA) is 78.9 Å². The van der Waals surface area contributed by atoms with Crippen molar-refractivity contribution in [2.45, 2.75) is 271 Å². The molecule has 0 fully saturated rings. The van der Waals surface area contributed by atoms with Crippen molar-refractivity contribution in [3.63, 3.8) is 0 Å². The average molecular weight is 765 g/mol. The molecule has 0 aromatic rings. The van der Waals surface area contributed by atoms with E-state index in [-0.39, 0.29) is 31.1 Å². The quantitative estimate of drug-likeness (QED) is 0.0349. The van der Waals surface area contributed by atoms with E-state index in [1.807, 2.05) is 0 Å². The van der Waals surface area contributed by atoms with Crippen molar-refractivity contribution < 1.29 is 28.6 Å². The van der Waals surface area contributed by atoms with Gasteiger partial charge in [0.25, 0.3) is 0 Å². The highest BCUT2D eigenvalue weighted by molar-refractivity contribution is 5.71. The van der Waals surface area contributed by atoms with E-state index < -0.39 is 6.10 Å². The Hall–Kier alpha value is -1.59. The molecule has 0 heterocycles. The number of hydrogen-bond acceptors (Lipinski definition) is 6. The van der Waals surface area contributed by atoms with Gasteiger partial charge in [-0.05, 0) is 25.2 Å². The summed E-state index contributed by atoms with van der Waals surface area (Å²) in [4.78, 5) is 37.7. The highest BCUT2D eigenvalue weighted by Crippen LogP contribution is 2.16. The minimum absolute atomic E-state index is 0.0634. The summed E-state index contributed by atoms with van der Waals surface area (Å²) < 4.78 is 16.7. The maximum atomic E-state index is 12.7. The van der Waals surface area contributed by atoms with Crippen molar-refractivity contribution in [3.05, 3.63) is 0 Å². The fourth-order valence-electron chi connectivity index (χ4n) is 7.16. The van der Waals surface area contributed by atoms with E-state index in [1.54, 1.807) is 0 Å². The molecule has 0 aromatic carbocycles. The summed E-state index contributed by atoms with van der Waals surface area (Å²) in [5.74, 6) is -0.00942. The first-order valence-electron chi connectivity index (χ1n) is 23.9. The lowest BCUT2D eigenvalue weighted by molar-refractivity contribution is -0.167. The molecule has 54 heavy (non-hydrogen) atoms. The van der Waals surface area contributed by atoms with Crippen molar-refractivity contribution in [1.82, 2.24) is 0 Å². The van der Waals surface area contributed by atoms with Crippen LogP contribution in [0.1, 0.15) is 265 Å². The van der Waals surface area contributed by atoms with Crippen LogP contribution in [0, 0.1) is 5.92 Å². The van der Waals surface area contributed by atoms with E-state index in [9.17, 15) is 14.4 Å². The van der Waals surface area contributed by atoms with Crippen molar-refractivity contribution >= 4 is 17.9 Å². The average Bonchev–Trinajstić information content (AvgIpc) is 3.15. The zero-order valence-corrected chi connectivity index (χ0v) is 36.7. The Balaban J connectivity index is 4.23. The van der Waals surface area contributed by atoms with E-state index >= 15 is 0 Å². The fourth-order valence-corrected chi connectivity index (χ4v) is 7.16. The number of rotatable bonds is 43. The third kappa shape index (κ3) is 41.6. The van der Waals surface area contributed by atoms with Crippen LogP contribution in [-0.2, 0) is 28.6 Å². The molecule has 0 aliphatic rings. The molecule has 0 aliphatic heterocycles. The molecule has 6 heteroatoms. The standard InChI is InChI=1S/C48H92O6/c1-5-7-9-11-13-15-24-29-33-37-41-48(51)54-45(42-52-46(49)39-35-31-27-22-14-12-10-8-6-2)43-53-47(50)40-36-32-28-25-21-19-17-16-18-20-23-26-30-34-38-44(3)4/h44-45H,5-43H2,1-4H3/t45-/m1/s1. The SMILES string of the molecule is CCCCCCCCCCCCC(=O)O[C@H](COC(=O)CCCCCCCCCCC)COC(=O)CCCCCCCCCCCCCCCCC(C)C. The van der Waals surface area contributed by atoms with Gasteiger partial charge in [0.2, 0.25) is 0 Å². The van der Waals surface area contributed by atoms with Gasteiger partial charge < -0.3 is 14.2 Å². The smallest absolute Gasteiger partial charge is 0.306 e. The van der Waals surface area contributed by atoms with Crippen LogP contribution in [0.3, 0.4) is 0 Å².